The number of aliphatic hydroxyl groups is 1. The molecule has 1 saturated carbocycles. The second kappa shape index (κ2) is 25.6. The summed E-state index contributed by atoms with van der Waals surface area (Å²) >= 11 is 14.8. The van der Waals surface area contributed by atoms with Gasteiger partial charge >= 0.3 is 7.71 Å². The molecule has 0 amide bonds. The quantitative estimate of drug-likeness (QED) is 0.0353. The molecule has 4 atom stereocenters. The molecule has 1 N–H and O–H groups in total. The number of aldehydes is 1. The maximum atomic E-state index is 9.94. The number of allylic oxidation sites excluding steroid dienone is 1. The van der Waals surface area contributed by atoms with E-state index >= 15 is 0 Å². The van der Waals surface area contributed by atoms with Crippen LogP contribution in [0.15, 0.2) is 143 Å². The lowest BCUT2D eigenvalue weighted by Crippen LogP contribution is -2.55. The van der Waals surface area contributed by atoms with Gasteiger partial charge in [-0.15, -0.1) is 24.2 Å². The van der Waals surface area contributed by atoms with Crippen LogP contribution in [0.2, 0.25) is 6.04 Å². The molecule has 2 aliphatic rings. The van der Waals surface area contributed by atoms with Crippen LogP contribution in [0.1, 0.15) is 67.2 Å². The number of nitrogens with zero attached hydrogens (tertiary/aromatic N) is 2. The predicted octanol–water partition coefficient (Wildman–Crippen LogP) is 11.5. The van der Waals surface area contributed by atoms with E-state index in [-0.39, 0.29) is 6.10 Å². The zero-order valence-corrected chi connectivity index (χ0v) is 37.3. The number of halogens is 3. The molecule has 1 heterocycles. The molecule has 1 aliphatic carbocycles. The minimum atomic E-state index is -2.37. The standard InChI is InChI=1S/C23H27Br2ClN2Si.C13H18O2.C10H12O2/c1-2-15-29(26)27(16-18-7-11-20(24)12-8-18)22-5-3-4-6-23(22)28(29)17-19-9-13-21(25)14-10-19;1-2-6-13(14)9-10-15-11-12-7-4-3-5-8-12;11-7-4-8-12-9-10-5-2-1-3-6-10/h2,7-14,22-23H,1,3-6,15-17H2;2-5,7-8,13-14H,1,6,9-11H2;1-3,5-7H,4,8-9H2/t22-,23?,29?;;/m1../s1. The Kier molecular flexibility index (Phi) is 21.0. The van der Waals surface area contributed by atoms with Crippen LogP contribution in [-0.2, 0) is 40.6 Å². The summed E-state index contributed by atoms with van der Waals surface area (Å²) in [6.07, 6.45) is 11.2. The van der Waals surface area contributed by atoms with Gasteiger partial charge in [0.05, 0.1) is 25.9 Å². The van der Waals surface area contributed by atoms with Crippen LogP contribution in [0.3, 0.4) is 0 Å². The summed E-state index contributed by atoms with van der Waals surface area (Å²) in [5.41, 5.74) is 4.98. The van der Waals surface area contributed by atoms with Crippen molar-refractivity contribution >= 4 is 56.9 Å². The average Bonchev–Trinajstić information content (AvgIpc) is 3.44. The maximum absolute atomic E-state index is 9.94. The molecule has 300 valence electrons. The lowest BCUT2D eigenvalue weighted by atomic mass is 9.90. The van der Waals surface area contributed by atoms with E-state index < -0.39 is 7.71 Å². The number of hydrogen-bond donors (Lipinski definition) is 1. The van der Waals surface area contributed by atoms with Gasteiger partial charge in [-0.25, -0.2) is 0 Å². The highest BCUT2D eigenvalue weighted by molar-refractivity contribution is 9.10. The minimum absolute atomic E-state index is 0.321. The maximum Gasteiger partial charge on any atom is 0.312 e. The van der Waals surface area contributed by atoms with Crippen LogP contribution in [0.4, 0.5) is 0 Å². The zero-order valence-electron chi connectivity index (χ0n) is 32.4. The molecule has 6 rings (SSSR count). The minimum Gasteiger partial charge on any atom is -0.393 e. The number of carbonyl (C=O) groups excluding carboxylic acids is 1. The average molecular weight is 925 g/mol. The summed E-state index contributed by atoms with van der Waals surface area (Å²) in [4.78, 5) is 9.94. The number of ether oxygens (including phenoxy) is 2. The fourth-order valence-electron chi connectivity index (χ4n) is 7.15. The van der Waals surface area contributed by atoms with Crippen molar-refractivity contribution in [3.05, 3.63) is 166 Å². The Morgan fingerprint density at radius 3 is 1.61 bits per heavy atom. The molecule has 6 nitrogen and oxygen atoms in total. The molecule has 1 saturated heterocycles. The predicted molar refractivity (Wildman–Crippen MR) is 240 cm³/mol. The lowest BCUT2D eigenvalue weighted by molar-refractivity contribution is -0.108. The second-order valence-electron chi connectivity index (χ2n) is 14.1. The number of fused-ring (bicyclic) bond motifs is 1. The molecular weight excluding hydrogens is 868 g/mol. The first-order valence-electron chi connectivity index (χ1n) is 19.6. The van der Waals surface area contributed by atoms with Crippen molar-refractivity contribution in [1.82, 2.24) is 9.13 Å². The molecule has 3 unspecified atom stereocenters. The lowest BCUT2D eigenvalue weighted by Gasteiger charge is -2.37. The van der Waals surface area contributed by atoms with Gasteiger partial charge in [0.2, 0.25) is 0 Å². The van der Waals surface area contributed by atoms with Gasteiger partial charge in [0.1, 0.15) is 6.29 Å². The molecule has 4 aromatic rings. The smallest absolute Gasteiger partial charge is 0.312 e. The van der Waals surface area contributed by atoms with E-state index in [1.807, 2.05) is 66.7 Å². The number of benzene rings is 4. The summed E-state index contributed by atoms with van der Waals surface area (Å²) in [5.74, 6) is 0. The van der Waals surface area contributed by atoms with Gasteiger partial charge < -0.3 is 19.4 Å². The first-order chi connectivity index (χ1) is 27.3. The Morgan fingerprint density at radius 2 is 1.18 bits per heavy atom. The molecule has 2 fully saturated rings. The molecule has 0 spiro atoms. The van der Waals surface area contributed by atoms with Gasteiger partial charge in [0, 0.05) is 53.2 Å². The van der Waals surface area contributed by atoms with Gasteiger partial charge in [-0.1, -0.05) is 142 Å². The van der Waals surface area contributed by atoms with Crippen molar-refractivity contribution in [1.29, 1.82) is 0 Å². The van der Waals surface area contributed by atoms with Crippen LogP contribution in [0, 0.1) is 0 Å². The molecular formula is C46H57Br2ClN2O4Si. The van der Waals surface area contributed by atoms with Crippen molar-refractivity contribution in [3.63, 3.8) is 0 Å². The van der Waals surface area contributed by atoms with Crippen LogP contribution in [-0.4, -0.2) is 59.6 Å². The van der Waals surface area contributed by atoms with E-state index in [0.717, 1.165) is 45.5 Å². The first-order valence-corrected chi connectivity index (χ1v) is 24.3. The van der Waals surface area contributed by atoms with E-state index in [4.69, 9.17) is 20.6 Å². The van der Waals surface area contributed by atoms with Crippen molar-refractivity contribution in [2.45, 2.75) is 95.5 Å². The van der Waals surface area contributed by atoms with Crippen LogP contribution >= 0.6 is 42.9 Å². The van der Waals surface area contributed by atoms with Crippen molar-refractivity contribution < 1.29 is 19.4 Å². The zero-order chi connectivity index (χ0) is 40.0. The Morgan fingerprint density at radius 1 is 0.714 bits per heavy atom. The van der Waals surface area contributed by atoms with E-state index in [0.29, 0.717) is 57.8 Å². The second-order valence-corrected chi connectivity index (χ2v) is 20.8. The van der Waals surface area contributed by atoms with E-state index in [1.54, 1.807) is 6.08 Å². The normalized spacial score (nSPS) is 19.7. The van der Waals surface area contributed by atoms with E-state index in [1.165, 1.54) is 36.8 Å². The van der Waals surface area contributed by atoms with Gasteiger partial charge in [-0.3, -0.25) is 9.13 Å². The first kappa shape index (κ1) is 46.0. The number of hydrogen-bond acceptors (Lipinski definition) is 6. The topological polar surface area (TPSA) is 62.2 Å². The molecule has 0 aromatic heterocycles. The molecule has 10 heteroatoms. The SMILES string of the molecule is C=CCC(O)CCOCc1ccccc1.C=CC[Si]1(Cl)N(Cc2ccc(Br)cc2)C2CCCC[C@H]2N1Cc1ccc(Br)cc1.O=CCCOCc1ccccc1. The molecule has 0 radical (unpaired) electrons. The van der Waals surface area contributed by atoms with Gasteiger partial charge in [0.15, 0.2) is 0 Å². The largest absolute Gasteiger partial charge is 0.393 e. The van der Waals surface area contributed by atoms with E-state index in [2.05, 4.69) is 103 Å². The Hall–Kier alpha value is -2.70. The van der Waals surface area contributed by atoms with Crippen molar-refractivity contribution in [2.75, 3.05) is 13.2 Å². The van der Waals surface area contributed by atoms with Crippen LogP contribution < -0.4 is 0 Å². The highest BCUT2D eigenvalue weighted by Gasteiger charge is 2.58. The van der Waals surface area contributed by atoms with Gasteiger partial charge in [-0.05, 0) is 72.2 Å². The van der Waals surface area contributed by atoms with Crippen molar-refractivity contribution in [3.8, 4) is 0 Å². The Bertz CT molecular complexity index is 1640. The number of carbonyl (C=O) groups is 1. The van der Waals surface area contributed by atoms with Gasteiger partial charge in [-0.2, -0.15) is 0 Å². The summed E-state index contributed by atoms with van der Waals surface area (Å²) in [6, 6.07) is 39.3. The summed E-state index contributed by atoms with van der Waals surface area (Å²) in [5, 5.41) is 9.40. The molecule has 56 heavy (non-hydrogen) atoms. The highest BCUT2D eigenvalue weighted by atomic mass is 79.9. The van der Waals surface area contributed by atoms with Crippen LogP contribution in [0.5, 0.6) is 0 Å². The Labute approximate surface area is 357 Å². The van der Waals surface area contributed by atoms with Crippen molar-refractivity contribution in [2.24, 2.45) is 0 Å². The number of rotatable bonds is 18. The third kappa shape index (κ3) is 15.2. The molecule has 4 aromatic carbocycles. The third-order valence-corrected chi connectivity index (χ3v) is 16.3. The van der Waals surface area contributed by atoms with Crippen LogP contribution in [0.25, 0.3) is 0 Å². The monoisotopic (exact) mass is 922 g/mol. The highest BCUT2D eigenvalue weighted by Crippen LogP contribution is 2.45. The molecule has 0 bridgehead atoms. The van der Waals surface area contributed by atoms with Gasteiger partial charge in [0.25, 0.3) is 0 Å². The third-order valence-electron chi connectivity index (χ3n) is 9.95. The number of aliphatic hydroxyl groups excluding tert-OH is 1. The fraction of sp³-hybridized carbons (Fsp3) is 0.370. The fourth-order valence-corrected chi connectivity index (χ4v) is 12.8. The molecule has 1 aliphatic heterocycles. The van der Waals surface area contributed by atoms with E-state index in [9.17, 15) is 9.90 Å². The summed E-state index contributed by atoms with van der Waals surface area (Å²) < 4.78 is 18.3. The Balaban J connectivity index is 0.000000215. The summed E-state index contributed by atoms with van der Waals surface area (Å²) in [6.45, 7) is 11.8. The summed E-state index contributed by atoms with van der Waals surface area (Å²) in [7, 11) is -2.37.